The largest absolute Gasteiger partial charge is 0.497 e. The Hall–Kier alpha value is -6.31. The van der Waals surface area contributed by atoms with Crippen LogP contribution in [0.5, 0.6) is 34.5 Å². The molecule has 2 fully saturated rings. The van der Waals surface area contributed by atoms with Crippen LogP contribution in [-0.4, -0.2) is 53.3 Å². The van der Waals surface area contributed by atoms with Crippen molar-refractivity contribution in [2.45, 2.75) is 23.3 Å². The second kappa shape index (κ2) is 18.8. The maximum atomic E-state index is 11.7. The number of thioether (sulfide) groups is 2. The Morgan fingerprint density at radius 2 is 0.875 bits per heavy atom. The third-order valence-electron chi connectivity index (χ3n) is 8.43. The number of rotatable bonds is 13. The van der Waals surface area contributed by atoms with Crippen molar-refractivity contribution < 1.29 is 42.9 Å². The number of amides is 4. The SMILES string of the molecule is COc1cc(/C=C\c2ccc(Oc3ccc(CC4SC(=O)NC4=O)cc3)cc2)cc(OC)c1.O=Cc1ccc(Oc2ccc(CC3SC(=O)NC3=O)cc2)cc1. The molecule has 5 aromatic carbocycles. The second-order valence-electron chi connectivity index (χ2n) is 12.4. The van der Waals surface area contributed by atoms with Gasteiger partial charge < -0.3 is 18.9 Å². The number of carbonyl (C=O) groups is 5. The normalized spacial score (nSPS) is 16.1. The number of imide groups is 2. The first-order valence-electron chi connectivity index (χ1n) is 17.3. The van der Waals surface area contributed by atoms with Crippen LogP contribution in [0.3, 0.4) is 0 Å². The van der Waals surface area contributed by atoms with Crippen LogP contribution in [0.25, 0.3) is 12.2 Å². The van der Waals surface area contributed by atoms with E-state index in [0.29, 0.717) is 35.7 Å². The molecule has 56 heavy (non-hydrogen) atoms. The summed E-state index contributed by atoms with van der Waals surface area (Å²) in [6, 6.07) is 35.2. The summed E-state index contributed by atoms with van der Waals surface area (Å²) >= 11 is 2.05. The molecule has 2 atom stereocenters. The summed E-state index contributed by atoms with van der Waals surface area (Å²) in [6.45, 7) is 0. The van der Waals surface area contributed by atoms with E-state index in [1.54, 1.807) is 38.5 Å². The highest BCUT2D eigenvalue weighted by molar-refractivity contribution is 8.15. The van der Waals surface area contributed by atoms with Crippen LogP contribution in [0.15, 0.2) is 115 Å². The third-order valence-corrected chi connectivity index (χ3v) is 10.4. The maximum absolute atomic E-state index is 11.7. The van der Waals surface area contributed by atoms with Crippen molar-refractivity contribution in [3.8, 4) is 34.5 Å². The predicted molar refractivity (Wildman–Crippen MR) is 217 cm³/mol. The number of methoxy groups -OCH3 is 2. The predicted octanol–water partition coefficient (Wildman–Crippen LogP) is 8.75. The molecule has 11 nitrogen and oxygen atoms in total. The van der Waals surface area contributed by atoms with Gasteiger partial charge >= 0.3 is 0 Å². The number of ether oxygens (including phenoxy) is 4. The lowest BCUT2D eigenvalue weighted by Gasteiger charge is -2.09. The van der Waals surface area contributed by atoms with E-state index < -0.39 is 0 Å². The van der Waals surface area contributed by atoms with Gasteiger partial charge in [0.2, 0.25) is 11.8 Å². The van der Waals surface area contributed by atoms with Gasteiger partial charge in [0.25, 0.3) is 10.5 Å². The minimum Gasteiger partial charge on any atom is -0.497 e. The Kier molecular flexibility index (Phi) is 13.2. The van der Waals surface area contributed by atoms with Crippen molar-refractivity contribution in [2.24, 2.45) is 0 Å². The van der Waals surface area contributed by atoms with Crippen molar-refractivity contribution in [2.75, 3.05) is 14.2 Å². The van der Waals surface area contributed by atoms with Gasteiger partial charge in [-0.3, -0.25) is 34.6 Å². The molecule has 2 saturated heterocycles. The molecule has 0 spiro atoms. The van der Waals surface area contributed by atoms with Crippen molar-refractivity contribution >= 4 is 64.3 Å². The first-order valence-corrected chi connectivity index (χ1v) is 19.1. The Labute approximate surface area is 331 Å². The standard InChI is InChI=1S/C26H23NO5S.C17H13NO4S/c1-30-22-13-19(14-23(16-22)31-2)4-3-17-5-9-20(10-6-17)32-21-11-7-18(8-12-21)15-24-25(28)27-26(29)33-24;19-10-12-3-7-14(8-4-12)22-13-5-1-11(2-6-13)9-15-16(20)18-17(21)23-15/h3-14,16,24H,15H2,1-2H3,(H,27,28,29);1-8,10,15H,9H2,(H,18,20,21)/b4-3-;. The monoisotopic (exact) mass is 788 g/mol. The van der Waals surface area contributed by atoms with E-state index in [9.17, 15) is 24.0 Å². The first-order chi connectivity index (χ1) is 27.2. The molecule has 13 heteroatoms. The molecule has 2 heterocycles. The summed E-state index contributed by atoms with van der Waals surface area (Å²) in [6.07, 6.45) is 5.78. The number of benzene rings is 5. The van der Waals surface area contributed by atoms with E-state index in [4.69, 9.17) is 18.9 Å². The fourth-order valence-corrected chi connectivity index (χ4v) is 7.24. The molecule has 4 amide bonds. The summed E-state index contributed by atoms with van der Waals surface area (Å²) in [4.78, 5) is 56.3. The van der Waals surface area contributed by atoms with E-state index in [-0.39, 0.29) is 32.8 Å². The van der Waals surface area contributed by atoms with Gasteiger partial charge in [0.1, 0.15) is 40.8 Å². The summed E-state index contributed by atoms with van der Waals surface area (Å²) in [5, 5.41) is 3.26. The lowest BCUT2D eigenvalue weighted by molar-refractivity contribution is -0.119. The molecule has 2 aliphatic heterocycles. The number of hydrogen-bond acceptors (Lipinski definition) is 11. The Balaban J connectivity index is 0.000000202. The molecule has 5 aromatic rings. The Morgan fingerprint density at radius 3 is 1.23 bits per heavy atom. The highest BCUT2D eigenvalue weighted by atomic mass is 32.2. The number of nitrogens with one attached hydrogen (secondary N) is 2. The lowest BCUT2D eigenvalue weighted by atomic mass is 10.1. The van der Waals surface area contributed by atoms with E-state index in [0.717, 1.165) is 69.3 Å². The van der Waals surface area contributed by atoms with Crippen LogP contribution in [0.4, 0.5) is 9.59 Å². The van der Waals surface area contributed by atoms with Gasteiger partial charge in [-0.05, 0) is 108 Å². The van der Waals surface area contributed by atoms with Crippen molar-refractivity contribution in [1.82, 2.24) is 10.6 Å². The fourth-order valence-electron chi connectivity index (χ4n) is 5.52. The zero-order valence-corrected chi connectivity index (χ0v) is 31.9. The van der Waals surface area contributed by atoms with Gasteiger partial charge in [-0.2, -0.15) is 0 Å². The lowest BCUT2D eigenvalue weighted by Crippen LogP contribution is -2.25. The van der Waals surface area contributed by atoms with E-state index in [1.165, 1.54) is 0 Å². The quantitative estimate of drug-likeness (QED) is 0.0872. The molecule has 2 N–H and O–H groups in total. The van der Waals surface area contributed by atoms with Crippen molar-refractivity contribution in [3.63, 3.8) is 0 Å². The molecule has 0 aliphatic carbocycles. The van der Waals surface area contributed by atoms with Gasteiger partial charge in [-0.25, -0.2) is 0 Å². The zero-order valence-electron chi connectivity index (χ0n) is 30.3. The smallest absolute Gasteiger partial charge is 0.286 e. The minimum atomic E-state index is -0.372. The highest BCUT2D eigenvalue weighted by Crippen LogP contribution is 2.29. The maximum Gasteiger partial charge on any atom is 0.286 e. The second-order valence-corrected chi connectivity index (χ2v) is 14.8. The molecule has 0 bridgehead atoms. The van der Waals surface area contributed by atoms with Crippen LogP contribution >= 0.6 is 23.5 Å². The molecule has 0 aromatic heterocycles. The average Bonchev–Trinajstić information content (AvgIpc) is 3.71. The van der Waals surface area contributed by atoms with Gasteiger partial charge in [0.05, 0.1) is 24.7 Å². The van der Waals surface area contributed by atoms with E-state index in [2.05, 4.69) is 10.6 Å². The third kappa shape index (κ3) is 11.1. The highest BCUT2D eigenvalue weighted by Gasteiger charge is 2.32. The van der Waals surface area contributed by atoms with Gasteiger partial charge in [0.15, 0.2) is 0 Å². The Morgan fingerprint density at radius 1 is 0.500 bits per heavy atom. The zero-order chi connectivity index (χ0) is 39.4. The van der Waals surface area contributed by atoms with Crippen molar-refractivity contribution in [3.05, 3.63) is 143 Å². The molecule has 284 valence electrons. The molecule has 0 radical (unpaired) electrons. The van der Waals surface area contributed by atoms with Crippen LogP contribution < -0.4 is 29.6 Å². The van der Waals surface area contributed by atoms with Crippen LogP contribution in [0.1, 0.15) is 32.6 Å². The number of aldehydes is 1. The Bertz CT molecular complexity index is 2200. The molecule has 7 rings (SSSR count). The van der Waals surface area contributed by atoms with Crippen LogP contribution in [-0.2, 0) is 22.4 Å². The summed E-state index contributed by atoms with van der Waals surface area (Å²) in [5.74, 6) is 3.72. The molecule has 0 saturated carbocycles. The van der Waals surface area contributed by atoms with E-state index in [1.807, 2.05) is 103 Å². The van der Waals surface area contributed by atoms with Gasteiger partial charge in [-0.1, -0.05) is 72.1 Å². The van der Waals surface area contributed by atoms with Crippen LogP contribution in [0.2, 0.25) is 0 Å². The van der Waals surface area contributed by atoms with Crippen molar-refractivity contribution in [1.29, 1.82) is 0 Å². The molecular formula is C43H36N2O9S2. The molecule has 2 unspecified atom stereocenters. The topological polar surface area (TPSA) is 146 Å². The summed E-state index contributed by atoms with van der Waals surface area (Å²) in [7, 11) is 3.26. The summed E-state index contributed by atoms with van der Waals surface area (Å²) in [5.41, 5.74) is 4.52. The van der Waals surface area contributed by atoms with Gasteiger partial charge in [-0.15, -0.1) is 0 Å². The minimum absolute atomic E-state index is 0.231. The van der Waals surface area contributed by atoms with Crippen LogP contribution in [0, 0.1) is 0 Å². The summed E-state index contributed by atoms with van der Waals surface area (Å²) < 4.78 is 22.2. The van der Waals surface area contributed by atoms with E-state index >= 15 is 0 Å². The van der Waals surface area contributed by atoms with Gasteiger partial charge in [0, 0.05) is 11.6 Å². The number of carbonyl (C=O) groups excluding carboxylic acids is 5. The average molecular weight is 789 g/mol. The first kappa shape index (κ1) is 39.4. The fraction of sp³-hybridized carbons (Fsp3) is 0.140. The molecular weight excluding hydrogens is 753 g/mol. The molecule has 2 aliphatic rings. The number of hydrogen-bond donors (Lipinski definition) is 2.